The Morgan fingerprint density at radius 3 is 2.40 bits per heavy atom. The minimum atomic E-state index is -0.452. The van der Waals surface area contributed by atoms with Gasteiger partial charge in [0.15, 0.2) is 0 Å². The molecule has 1 nitrogen and oxygen atoms in total. The fraction of sp³-hybridized carbons (Fsp3) is 0.571. The zero-order valence-electron chi connectivity index (χ0n) is 10.3. The number of hydrogen-bond donors (Lipinski definition) is 0. The molecule has 0 aromatic heterocycles. The van der Waals surface area contributed by atoms with Crippen molar-refractivity contribution in [3.63, 3.8) is 0 Å². The van der Waals surface area contributed by atoms with Gasteiger partial charge in [-0.1, -0.05) is 32.9 Å². The molecule has 0 bridgehead atoms. The first-order chi connectivity index (χ1) is 7.14. The average molecular weight is 206 g/mol. The maximum atomic E-state index is 11.1. The summed E-state index contributed by atoms with van der Waals surface area (Å²) >= 11 is 0. The first-order valence-corrected chi connectivity index (χ1v) is 5.71. The maximum Gasteiger partial charge on any atom is 0.134 e. The van der Waals surface area contributed by atoms with E-state index in [2.05, 4.69) is 19.6 Å². The highest BCUT2D eigenvalue weighted by Gasteiger charge is 2.19. The molecule has 0 amide bonds. The number of allylic oxidation sites excluding steroid dienone is 3. The van der Waals surface area contributed by atoms with Gasteiger partial charge in [-0.2, -0.15) is 0 Å². The molecular weight excluding hydrogens is 184 g/mol. The van der Waals surface area contributed by atoms with Gasteiger partial charge in [0.2, 0.25) is 0 Å². The number of rotatable bonds is 6. The lowest BCUT2D eigenvalue weighted by Crippen LogP contribution is -2.14. The molecule has 0 aliphatic heterocycles. The first-order valence-electron chi connectivity index (χ1n) is 5.71. The van der Waals surface area contributed by atoms with Gasteiger partial charge >= 0.3 is 0 Å². The fourth-order valence-electron chi connectivity index (χ4n) is 1.12. The molecule has 0 aliphatic rings. The predicted molar refractivity (Wildman–Crippen MR) is 65.8 cm³/mol. The van der Waals surface area contributed by atoms with Crippen LogP contribution in [0.1, 0.15) is 47.0 Å². The van der Waals surface area contributed by atoms with Crippen LogP contribution in [-0.2, 0) is 4.79 Å². The van der Waals surface area contributed by atoms with E-state index >= 15 is 0 Å². The summed E-state index contributed by atoms with van der Waals surface area (Å²) in [7, 11) is 0. The van der Waals surface area contributed by atoms with Gasteiger partial charge in [0.25, 0.3) is 0 Å². The third-order valence-electron chi connectivity index (χ3n) is 2.61. The van der Waals surface area contributed by atoms with Gasteiger partial charge in [0.1, 0.15) is 6.29 Å². The lowest BCUT2D eigenvalue weighted by Gasteiger charge is -2.16. The molecule has 1 unspecified atom stereocenters. The van der Waals surface area contributed by atoms with Crippen LogP contribution in [-0.4, -0.2) is 6.29 Å². The molecule has 0 radical (unpaired) electrons. The van der Waals surface area contributed by atoms with E-state index in [1.807, 2.05) is 32.1 Å². The van der Waals surface area contributed by atoms with Crippen molar-refractivity contribution in [3.8, 4) is 0 Å². The van der Waals surface area contributed by atoms with Crippen LogP contribution < -0.4 is 0 Å². The van der Waals surface area contributed by atoms with Crippen LogP contribution in [0.3, 0.4) is 0 Å². The molecule has 0 heterocycles. The Labute approximate surface area is 93.6 Å². The zero-order valence-corrected chi connectivity index (χ0v) is 10.3. The molecule has 0 aliphatic carbocycles. The smallest absolute Gasteiger partial charge is 0.134 e. The van der Waals surface area contributed by atoms with Crippen molar-refractivity contribution >= 4 is 6.29 Å². The molecule has 0 aromatic rings. The van der Waals surface area contributed by atoms with Gasteiger partial charge < -0.3 is 4.79 Å². The van der Waals surface area contributed by atoms with E-state index in [0.29, 0.717) is 0 Å². The van der Waals surface area contributed by atoms with Crippen molar-refractivity contribution in [2.75, 3.05) is 0 Å². The van der Waals surface area contributed by atoms with Gasteiger partial charge in [-0.3, -0.25) is 0 Å². The average Bonchev–Trinajstić information content (AvgIpc) is 2.30. The number of hydrogen-bond acceptors (Lipinski definition) is 1. The Balaban J connectivity index is 5.03. The quantitative estimate of drug-likeness (QED) is 0.364. The van der Waals surface area contributed by atoms with Crippen LogP contribution in [0.5, 0.6) is 0 Å². The lowest BCUT2D eigenvalue weighted by molar-refractivity contribution is -0.112. The summed E-state index contributed by atoms with van der Waals surface area (Å²) < 4.78 is 0. The van der Waals surface area contributed by atoms with Crippen LogP contribution >= 0.6 is 0 Å². The summed E-state index contributed by atoms with van der Waals surface area (Å²) in [5.41, 5.74) is 3.92. The Kier molecular flexibility index (Phi) is 6.73. The molecule has 1 heteroatoms. The first kappa shape index (κ1) is 13.9. The highest BCUT2D eigenvalue weighted by Crippen LogP contribution is 2.23. The van der Waals surface area contributed by atoms with Gasteiger partial charge in [-0.25, -0.2) is 0 Å². The largest absolute Gasteiger partial charge is 0.302 e. The Bertz CT molecular complexity index is 280. The molecule has 15 heavy (non-hydrogen) atoms. The molecule has 0 saturated carbocycles. The normalized spacial score (nSPS) is 14.4. The molecule has 0 saturated heterocycles. The molecule has 0 spiro atoms. The van der Waals surface area contributed by atoms with E-state index in [-0.39, 0.29) is 0 Å². The number of carbonyl (C=O) groups excluding carboxylic acids is 1. The minimum absolute atomic E-state index is 0.452. The van der Waals surface area contributed by atoms with Crippen LogP contribution in [0, 0.1) is 5.41 Å². The van der Waals surface area contributed by atoms with Crippen molar-refractivity contribution in [1.29, 1.82) is 0 Å². The highest BCUT2D eigenvalue weighted by atomic mass is 16.1. The predicted octanol–water partition coefficient (Wildman–Crippen LogP) is 4.06. The van der Waals surface area contributed by atoms with E-state index in [9.17, 15) is 4.79 Å². The second-order valence-electron chi connectivity index (χ2n) is 3.82. The van der Waals surface area contributed by atoms with E-state index < -0.39 is 5.41 Å². The summed E-state index contributed by atoms with van der Waals surface area (Å²) in [5, 5.41) is 0. The minimum Gasteiger partial charge on any atom is -0.302 e. The molecule has 0 N–H and O–H groups in total. The van der Waals surface area contributed by atoms with E-state index in [1.54, 1.807) is 0 Å². The van der Waals surface area contributed by atoms with Crippen molar-refractivity contribution in [2.24, 2.45) is 5.41 Å². The maximum absolute atomic E-state index is 11.1. The van der Waals surface area contributed by atoms with Crippen molar-refractivity contribution in [3.05, 3.63) is 29.5 Å². The summed E-state index contributed by atoms with van der Waals surface area (Å²) in [6.07, 6.45) is 9.65. The molecule has 0 aromatic carbocycles. The summed E-state index contributed by atoms with van der Waals surface area (Å²) in [6, 6.07) is 0. The molecule has 0 rings (SSSR count). The molecule has 1 atom stereocenters. The third kappa shape index (κ3) is 4.80. The van der Waals surface area contributed by atoms with Crippen molar-refractivity contribution in [1.82, 2.24) is 0 Å². The van der Waals surface area contributed by atoms with Gasteiger partial charge in [0.05, 0.1) is 5.41 Å². The topological polar surface area (TPSA) is 17.1 Å². The monoisotopic (exact) mass is 206 g/mol. The Morgan fingerprint density at radius 1 is 1.33 bits per heavy atom. The van der Waals surface area contributed by atoms with Gasteiger partial charge in [-0.05, 0) is 37.8 Å². The highest BCUT2D eigenvalue weighted by molar-refractivity contribution is 5.66. The van der Waals surface area contributed by atoms with E-state index in [4.69, 9.17) is 0 Å². The Hall–Kier alpha value is -1.07. The standard InChI is InChI=1S/C14H22O/c1-5-8-10-14(7-3,12-15)11-9-13(4)6-2/h8,10-12H,5-7H2,1-4H3. The zero-order chi connectivity index (χ0) is 11.7. The third-order valence-corrected chi connectivity index (χ3v) is 2.61. The van der Waals surface area contributed by atoms with Gasteiger partial charge in [0, 0.05) is 0 Å². The van der Waals surface area contributed by atoms with Crippen molar-refractivity contribution in [2.45, 2.75) is 47.0 Å². The van der Waals surface area contributed by atoms with Crippen LogP contribution in [0.15, 0.2) is 29.5 Å². The summed E-state index contributed by atoms with van der Waals surface area (Å²) in [6.45, 7) is 8.21. The van der Waals surface area contributed by atoms with Gasteiger partial charge in [-0.15, -0.1) is 5.73 Å². The summed E-state index contributed by atoms with van der Waals surface area (Å²) in [5.74, 6) is 0. The van der Waals surface area contributed by atoms with Crippen LogP contribution in [0.25, 0.3) is 0 Å². The molecule has 84 valence electrons. The SMILES string of the molecule is CCC=CC(C=O)(C=C=C(C)CC)CC. The number of aldehydes is 1. The van der Waals surface area contributed by atoms with E-state index in [1.165, 1.54) is 5.57 Å². The van der Waals surface area contributed by atoms with Crippen LogP contribution in [0.4, 0.5) is 0 Å². The number of carbonyl (C=O) groups is 1. The second kappa shape index (κ2) is 7.25. The molecular formula is C14H22O. The van der Waals surface area contributed by atoms with E-state index in [0.717, 1.165) is 25.5 Å². The second-order valence-corrected chi connectivity index (χ2v) is 3.82. The van der Waals surface area contributed by atoms with Crippen molar-refractivity contribution < 1.29 is 4.79 Å². The summed E-state index contributed by atoms with van der Waals surface area (Å²) in [4.78, 5) is 11.1. The van der Waals surface area contributed by atoms with Crippen LogP contribution in [0.2, 0.25) is 0 Å². The fourth-order valence-corrected chi connectivity index (χ4v) is 1.12. The molecule has 0 fully saturated rings. The lowest BCUT2D eigenvalue weighted by atomic mass is 9.86. The Morgan fingerprint density at radius 2 is 2.00 bits per heavy atom.